The van der Waals surface area contributed by atoms with Crippen molar-refractivity contribution < 1.29 is 23.9 Å². The molecule has 0 spiro atoms. The third kappa shape index (κ3) is 5.59. The number of rotatable bonds is 8. The lowest BCUT2D eigenvalue weighted by Crippen LogP contribution is -2.17. The van der Waals surface area contributed by atoms with Gasteiger partial charge >= 0.3 is 5.97 Å². The number of hydrogen-bond donors (Lipinski definition) is 1. The Bertz CT molecular complexity index is 1510. The van der Waals surface area contributed by atoms with Crippen LogP contribution in [-0.4, -0.2) is 28.3 Å². The maximum atomic E-state index is 12.2. The van der Waals surface area contributed by atoms with Crippen molar-refractivity contribution in [1.29, 1.82) is 0 Å². The van der Waals surface area contributed by atoms with E-state index >= 15 is 0 Å². The van der Waals surface area contributed by atoms with Gasteiger partial charge in [0.2, 0.25) is 0 Å². The van der Waals surface area contributed by atoms with Gasteiger partial charge in [0, 0.05) is 29.2 Å². The van der Waals surface area contributed by atoms with E-state index in [9.17, 15) is 14.4 Å². The van der Waals surface area contributed by atoms with Crippen LogP contribution in [0.4, 0.5) is 4.79 Å². The number of nitrogens with zero attached hydrogens (tertiary/aromatic N) is 1. The third-order valence-electron chi connectivity index (χ3n) is 5.88. The van der Waals surface area contributed by atoms with E-state index in [0.29, 0.717) is 36.0 Å². The van der Waals surface area contributed by atoms with Crippen molar-refractivity contribution in [3.05, 3.63) is 106 Å². The van der Waals surface area contributed by atoms with E-state index in [1.807, 2.05) is 66.9 Å². The van der Waals surface area contributed by atoms with Crippen LogP contribution in [0.3, 0.4) is 0 Å². The minimum absolute atomic E-state index is 0.327. The molecule has 0 saturated carbocycles. The number of fused-ring (bicyclic) bond motifs is 1. The average Bonchev–Trinajstić information content (AvgIpc) is 3.41. The van der Waals surface area contributed by atoms with E-state index in [2.05, 4.69) is 9.88 Å². The van der Waals surface area contributed by atoms with Gasteiger partial charge in [-0.2, -0.15) is 0 Å². The first-order valence-corrected chi connectivity index (χ1v) is 12.6. The summed E-state index contributed by atoms with van der Waals surface area (Å²) >= 11 is 0.887. The highest BCUT2D eigenvalue weighted by Gasteiger charge is 2.25. The molecule has 2 heterocycles. The molecule has 1 aliphatic heterocycles. The van der Waals surface area contributed by atoms with Gasteiger partial charge in [0.15, 0.2) is 0 Å². The normalized spacial score (nSPS) is 14.2. The van der Waals surface area contributed by atoms with Crippen LogP contribution in [0.1, 0.15) is 34.0 Å². The van der Waals surface area contributed by atoms with Crippen LogP contribution in [-0.2, 0) is 22.7 Å². The molecule has 1 saturated heterocycles. The number of hydrogen-bond acceptors (Lipinski definition) is 6. The van der Waals surface area contributed by atoms with E-state index < -0.39 is 5.91 Å². The number of amides is 2. The van der Waals surface area contributed by atoms with Crippen LogP contribution in [0.15, 0.2) is 83.9 Å². The zero-order chi connectivity index (χ0) is 25.8. The van der Waals surface area contributed by atoms with E-state index in [1.54, 1.807) is 25.1 Å². The predicted octanol–water partition coefficient (Wildman–Crippen LogP) is 5.77. The second-order valence-corrected chi connectivity index (χ2v) is 9.45. The lowest BCUT2D eigenvalue weighted by Gasteiger charge is -2.09. The second-order valence-electron chi connectivity index (χ2n) is 8.44. The number of ether oxygens (including phenoxy) is 2. The molecular weight excluding hydrogens is 488 g/mol. The topological polar surface area (TPSA) is 86.6 Å². The summed E-state index contributed by atoms with van der Waals surface area (Å²) in [6.07, 6.45) is 3.68. The summed E-state index contributed by atoms with van der Waals surface area (Å²) in [7, 11) is 0. The van der Waals surface area contributed by atoms with Crippen molar-refractivity contribution in [2.75, 3.05) is 6.61 Å². The van der Waals surface area contributed by atoms with Gasteiger partial charge < -0.3 is 14.0 Å². The molecule has 37 heavy (non-hydrogen) atoms. The Kier molecular flexibility index (Phi) is 7.09. The second kappa shape index (κ2) is 10.8. The molecule has 186 valence electrons. The van der Waals surface area contributed by atoms with Crippen molar-refractivity contribution in [1.82, 2.24) is 9.88 Å². The van der Waals surface area contributed by atoms with Gasteiger partial charge in [0.05, 0.1) is 17.1 Å². The van der Waals surface area contributed by atoms with Crippen LogP contribution in [0.5, 0.6) is 5.75 Å². The molecular formula is C29H24N2O5S. The molecule has 0 bridgehead atoms. The number of aromatic nitrogens is 1. The highest BCUT2D eigenvalue weighted by Crippen LogP contribution is 2.32. The molecule has 8 heteroatoms. The Labute approximate surface area is 218 Å². The molecule has 1 aromatic heterocycles. The molecule has 0 radical (unpaired) electrons. The molecule has 7 nitrogen and oxygen atoms in total. The van der Waals surface area contributed by atoms with Crippen LogP contribution >= 0.6 is 11.8 Å². The van der Waals surface area contributed by atoms with Gasteiger partial charge in [-0.25, -0.2) is 4.79 Å². The fraction of sp³-hybridized carbons (Fsp3) is 0.138. The Morgan fingerprint density at radius 1 is 1.00 bits per heavy atom. The molecule has 5 rings (SSSR count). The Balaban J connectivity index is 1.47. The van der Waals surface area contributed by atoms with Gasteiger partial charge in [-0.1, -0.05) is 42.5 Å². The van der Waals surface area contributed by atoms with Crippen LogP contribution in [0.2, 0.25) is 0 Å². The molecule has 2 amide bonds. The first-order chi connectivity index (χ1) is 18.0. The number of nitrogens with one attached hydrogen (secondary N) is 1. The molecule has 4 aromatic rings. The molecule has 1 fully saturated rings. The Morgan fingerprint density at radius 2 is 1.78 bits per heavy atom. The quantitative estimate of drug-likeness (QED) is 0.238. The van der Waals surface area contributed by atoms with Gasteiger partial charge in [0.25, 0.3) is 11.1 Å². The van der Waals surface area contributed by atoms with Gasteiger partial charge in [-0.15, -0.1) is 0 Å². The molecule has 1 N–H and O–H groups in total. The van der Waals surface area contributed by atoms with Crippen LogP contribution in [0, 0.1) is 0 Å². The zero-order valence-electron chi connectivity index (χ0n) is 20.1. The number of esters is 1. The van der Waals surface area contributed by atoms with Gasteiger partial charge in [-0.3, -0.25) is 14.9 Å². The summed E-state index contributed by atoms with van der Waals surface area (Å²) in [4.78, 5) is 36.2. The zero-order valence-corrected chi connectivity index (χ0v) is 20.9. The standard InChI is InChI=1S/C29H24N2O5S/c1-2-35-28(33)21-10-8-19(9-11-21)16-31-17-22(14-26-27(32)30-29(34)37-26)24-15-23(12-13-25(24)31)36-18-20-6-4-3-5-7-20/h3-15,17H,2,16,18H2,1H3,(H,30,32,34). The first-order valence-electron chi connectivity index (χ1n) is 11.8. The van der Waals surface area contributed by atoms with Crippen LogP contribution in [0.25, 0.3) is 17.0 Å². The van der Waals surface area contributed by atoms with Crippen molar-refractivity contribution in [2.45, 2.75) is 20.1 Å². The number of benzene rings is 3. The number of thioether (sulfide) groups is 1. The van der Waals surface area contributed by atoms with Crippen molar-refractivity contribution >= 4 is 45.9 Å². The minimum atomic E-state index is -0.401. The Morgan fingerprint density at radius 3 is 2.49 bits per heavy atom. The average molecular weight is 513 g/mol. The van der Waals surface area contributed by atoms with Crippen LogP contribution < -0.4 is 10.1 Å². The maximum Gasteiger partial charge on any atom is 0.338 e. The highest BCUT2D eigenvalue weighted by atomic mass is 32.2. The third-order valence-corrected chi connectivity index (χ3v) is 6.69. The van der Waals surface area contributed by atoms with Gasteiger partial charge in [-0.05, 0) is 66.2 Å². The van der Waals surface area contributed by atoms with E-state index in [-0.39, 0.29) is 11.2 Å². The lowest BCUT2D eigenvalue weighted by atomic mass is 10.1. The monoisotopic (exact) mass is 512 g/mol. The maximum absolute atomic E-state index is 12.2. The number of imide groups is 1. The smallest absolute Gasteiger partial charge is 0.338 e. The summed E-state index contributed by atoms with van der Waals surface area (Å²) < 4.78 is 13.2. The molecule has 3 aromatic carbocycles. The number of carbonyl (C=O) groups is 3. The fourth-order valence-electron chi connectivity index (χ4n) is 4.10. The minimum Gasteiger partial charge on any atom is -0.489 e. The summed E-state index contributed by atoms with van der Waals surface area (Å²) in [6, 6.07) is 23.1. The summed E-state index contributed by atoms with van der Waals surface area (Å²) in [5.74, 6) is -0.0478. The summed E-state index contributed by atoms with van der Waals surface area (Å²) in [5.41, 5.74) is 4.31. The fourth-order valence-corrected chi connectivity index (χ4v) is 4.77. The lowest BCUT2D eigenvalue weighted by molar-refractivity contribution is -0.115. The molecule has 0 aliphatic carbocycles. The molecule has 0 unspecified atom stereocenters. The molecule has 1 aliphatic rings. The van der Waals surface area contributed by atoms with Crippen molar-refractivity contribution in [2.24, 2.45) is 0 Å². The highest BCUT2D eigenvalue weighted by molar-refractivity contribution is 8.18. The SMILES string of the molecule is CCOC(=O)c1ccc(Cn2cc(C=C3SC(=O)NC3=O)c3cc(OCc4ccccc4)ccc32)cc1. The largest absolute Gasteiger partial charge is 0.489 e. The van der Waals surface area contributed by atoms with E-state index in [1.165, 1.54) is 0 Å². The van der Waals surface area contributed by atoms with Gasteiger partial charge in [0.1, 0.15) is 12.4 Å². The summed E-state index contributed by atoms with van der Waals surface area (Å²) in [6.45, 7) is 3.08. The van der Waals surface area contributed by atoms with E-state index in [4.69, 9.17) is 9.47 Å². The predicted molar refractivity (Wildman–Crippen MR) is 143 cm³/mol. The Hall–Kier alpha value is -4.30. The number of carbonyl (C=O) groups excluding carboxylic acids is 3. The first kappa shape index (κ1) is 24.4. The van der Waals surface area contributed by atoms with Crippen molar-refractivity contribution in [3.8, 4) is 5.75 Å². The molecule has 0 atom stereocenters. The van der Waals surface area contributed by atoms with Crippen molar-refractivity contribution in [3.63, 3.8) is 0 Å². The van der Waals surface area contributed by atoms with E-state index in [0.717, 1.165) is 39.4 Å². The summed E-state index contributed by atoms with van der Waals surface area (Å²) in [5, 5.41) is 2.82.